The Morgan fingerprint density at radius 2 is 2.10 bits per heavy atom. The summed E-state index contributed by atoms with van der Waals surface area (Å²) in [6, 6.07) is 4.45. The van der Waals surface area contributed by atoms with Gasteiger partial charge < -0.3 is 9.82 Å². The Morgan fingerprint density at radius 3 is 2.83 bits per heavy atom. The first-order valence-electron chi connectivity index (χ1n) is 10.4. The van der Waals surface area contributed by atoms with Gasteiger partial charge in [-0.05, 0) is 75.0 Å². The van der Waals surface area contributed by atoms with E-state index < -0.39 is 0 Å². The van der Waals surface area contributed by atoms with Gasteiger partial charge in [0.05, 0.1) is 17.1 Å². The molecule has 2 aliphatic carbocycles. The molecule has 0 bridgehead atoms. The van der Waals surface area contributed by atoms with Gasteiger partial charge >= 0.3 is 0 Å². The first-order valence-corrected chi connectivity index (χ1v) is 10.4. The molecule has 1 aromatic carbocycles. The number of hydroxylamine groups is 1. The molecule has 2 N–H and O–H groups in total. The molecular formula is C24H26FN3O. The van der Waals surface area contributed by atoms with E-state index in [-0.39, 0.29) is 17.8 Å². The van der Waals surface area contributed by atoms with Crippen molar-refractivity contribution in [1.29, 1.82) is 0 Å². The second-order valence-corrected chi connectivity index (χ2v) is 8.38. The van der Waals surface area contributed by atoms with Gasteiger partial charge in [-0.3, -0.25) is 0 Å². The third-order valence-electron chi connectivity index (χ3n) is 6.18. The molecule has 29 heavy (non-hydrogen) atoms. The maximum Gasteiger partial charge on any atom is 0.126 e. The standard InChI is InChI=1S/C24H26FN3O/c1-13(16-5-4-6-19(25)10-9-16)20-11-18(22-14(2)28-29-15(22)3)12-21-23(20)27-24(26-21)17-7-8-17/h6,9-12,14,16-17,28H,1,4-5,7-8H2,2-3H3,(H,26,27). The van der Waals surface area contributed by atoms with Crippen molar-refractivity contribution in [3.8, 4) is 0 Å². The zero-order valence-electron chi connectivity index (χ0n) is 16.9. The molecule has 2 unspecified atom stereocenters. The van der Waals surface area contributed by atoms with Crippen LogP contribution in [-0.4, -0.2) is 16.0 Å². The van der Waals surface area contributed by atoms with Gasteiger partial charge in [-0.15, -0.1) is 5.48 Å². The Morgan fingerprint density at radius 1 is 1.28 bits per heavy atom. The monoisotopic (exact) mass is 391 g/mol. The second kappa shape index (κ2) is 6.99. The normalized spacial score (nSPS) is 24.6. The fourth-order valence-electron chi connectivity index (χ4n) is 4.40. The van der Waals surface area contributed by atoms with Gasteiger partial charge in [0, 0.05) is 23.0 Å². The van der Waals surface area contributed by atoms with E-state index in [0.29, 0.717) is 12.3 Å². The van der Waals surface area contributed by atoms with Gasteiger partial charge in [-0.1, -0.05) is 12.7 Å². The highest BCUT2D eigenvalue weighted by Crippen LogP contribution is 2.42. The van der Waals surface area contributed by atoms with Crippen LogP contribution in [0.3, 0.4) is 0 Å². The van der Waals surface area contributed by atoms with Crippen molar-refractivity contribution >= 4 is 22.2 Å². The topological polar surface area (TPSA) is 49.9 Å². The van der Waals surface area contributed by atoms with E-state index in [4.69, 9.17) is 9.82 Å². The number of H-pyrrole nitrogens is 1. The highest BCUT2D eigenvalue weighted by Gasteiger charge is 2.29. The minimum atomic E-state index is -0.168. The summed E-state index contributed by atoms with van der Waals surface area (Å²) in [7, 11) is 0. The van der Waals surface area contributed by atoms with Crippen molar-refractivity contribution in [1.82, 2.24) is 15.4 Å². The highest BCUT2D eigenvalue weighted by atomic mass is 19.1. The summed E-state index contributed by atoms with van der Waals surface area (Å²) in [5, 5.41) is 0. The van der Waals surface area contributed by atoms with Gasteiger partial charge in [0.1, 0.15) is 17.4 Å². The smallest absolute Gasteiger partial charge is 0.126 e. The van der Waals surface area contributed by atoms with Crippen molar-refractivity contribution in [2.75, 3.05) is 0 Å². The molecule has 1 fully saturated rings. The number of hydrogen-bond donors (Lipinski definition) is 2. The van der Waals surface area contributed by atoms with Crippen molar-refractivity contribution in [2.45, 2.75) is 51.5 Å². The average molecular weight is 391 g/mol. The summed E-state index contributed by atoms with van der Waals surface area (Å²) in [6.45, 7) is 8.50. The molecule has 2 aromatic rings. The molecule has 1 aliphatic heterocycles. The van der Waals surface area contributed by atoms with Crippen molar-refractivity contribution < 1.29 is 9.23 Å². The van der Waals surface area contributed by atoms with Crippen LogP contribution in [-0.2, 0) is 4.84 Å². The van der Waals surface area contributed by atoms with Crippen LogP contribution in [0, 0.1) is 5.92 Å². The molecule has 1 aromatic heterocycles. The van der Waals surface area contributed by atoms with Crippen LogP contribution < -0.4 is 5.48 Å². The van der Waals surface area contributed by atoms with Crippen LogP contribution >= 0.6 is 0 Å². The quantitative estimate of drug-likeness (QED) is 0.679. The molecule has 5 rings (SSSR count). The average Bonchev–Trinajstić information content (AvgIpc) is 3.43. The van der Waals surface area contributed by atoms with Gasteiger partial charge in [0.2, 0.25) is 0 Å². The molecule has 150 valence electrons. The lowest BCUT2D eigenvalue weighted by atomic mass is 9.87. The first-order chi connectivity index (χ1) is 14.0. The van der Waals surface area contributed by atoms with Gasteiger partial charge in [0.15, 0.2) is 0 Å². The van der Waals surface area contributed by atoms with E-state index in [9.17, 15) is 4.39 Å². The molecule has 1 saturated carbocycles. The number of imidazole rings is 1. The van der Waals surface area contributed by atoms with Crippen LogP contribution in [0.5, 0.6) is 0 Å². The summed E-state index contributed by atoms with van der Waals surface area (Å²) < 4.78 is 13.7. The van der Waals surface area contributed by atoms with Gasteiger partial charge in [-0.2, -0.15) is 0 Å². The number of halogens is 1. The number of nitrogens with zero attached hydrogens (tertiary/aromatic N) is 1. The predicted molar refractivity (Wildman–Crippen MR) is 114 cm³/mol. The zero-order valence-corrected chi connectivity index (χ0v) is 16.9. The van der Waals surface area contributed by atoms with Crippen LogP contribution in [0.15, 0.2) is 48.5 Å². The van der Waals surface area contributed by atoms with E-state index in [1.54, 1.807) is 12.2 Å². The number of hydrogen-bond acceptors (Lipinski definition) is 3. The number of aromatic amines is 1. The minimum Gasteiger partial charge on any atom is -0.413 e. The SMILES string of the molecule is C=C(c1cc(C2=C(C)ONC2C)cc2[nH]c(C3CC3)nc12)C1C=CC(F)=CCC1. The summed E-state index contributed by atoms with van der Waals surface area (Å²) in [4.78, 5) is 14.1. The fourth-order valence-corrected chi connectivity index (χ4v) is 4.40. The molecule has 4 nitrogen and oxygen atoms in total. The maximum absolute atomic E-state index is 13.7. The van der Waals surface area contributed by atoms with Gasteiger partial charge in [-0.25, -0.2) is 9.37 Å². The van der Waals surface area contributed by atoms with Crippen LogP contribution in [0.4, 0.5) is 4.39 Å². The molecular weight excluding hydrogens is 365 g/mol. The van der Waals surface area contributed by atoms with Crippen molar-refractivity contribution in [3.63, 3.8) is 0 Å². The highest BCUT2D eigenvalue weighted by molar-refractivity contribution is 5.93. The Balaban J connectivity index is 1.63. The van der Waals surface area contributed by atoms with E-state index in [0.717, 1.165) is 51.3 Å². The summed E-state index contributed by atoms with van der Waals surface area (Å²) in [5.41, 5.74) is 9.32. The van der Waals surface area contributed by atoms with E-state index in [1.807, 2.05) is 13.0 Å². The number of benzene rings is 1. The zero-order chi connectivity index (χ0) is 20.1. The number of allylic oxidation sites excluding steroid dienone is 6. The van der Waals surface area contributed by atoms with E-state index in [1.165, 1.54) is 12.8 Å². The second-order valence-electron chi connectivity index (χ2n) is 8.38. The van der Waals surface area contributed by atoms with E-state index in [2.05, 4.69) is 36.1 Å². The maximum atomic E-state index is 13.7. The molecule has 0 radical (unpaired) electrons. The number of nitrogens with one attached hydrogen (secondary N) is 2. The third-order valence-corrected chi connectivity index (χ3v) is 6.18. The van der Waals surface area contributed by atoms with Crippen LogP contribution in [0.25, 0.3) is 22.2 Å². The molecule has 0 amide bonds. The lowest BCUT2D eigenvalue weighted by molar-refractivity contribution is 0.122. The first kappa shape index (κ1) is 18.4. The summed E-state index contributed by atoms with van der Waals surface area (Å²) in [6.07, 6.45) is 9.08. The predicted octanol–water partition coefficient (Wildman–Crippen LogP) is 5.93. The number of fused-ring (bicyclic) bond motifs is 1. The molecule has 3 aliphatic rings. The molecule has 2 atom stereocenters. The number of rotatable bonds is 4. The van der Waals surface area contributed by atoms with Crippen molar-refractivity contribution in [2.24, 2.45) is 5.92 Å². The Labute approximate surface area is 170 Å². The summed E-state index contributed by atoms with van der Waals surface area (Å²) >= 11 is 0. The Kier molecular flexibility index (Phi) is 4.43. The largest absolute Gasteiger partial charge is 0.413 e. The molecule has 0 saturated heterocycles. The van der Waals surface area contributed by atoms with E-state index >= 15 is 0 Å². The minimum absolute atomic E-state index is 0.0875. The summed E-state index contributed by atoms with van der Waals surface area (Å²) in [5.74, 6) is 2.41. The third kappa shape index (κ3) is 3.33. The molecule has 0 spiro atoms. The lowest BCUT2D eigenvalue weighted by Crippen LogP contribution is -2.19. The van der Waals surface area contributed by atoms with Crippen molar-refractivity contribution in [3.05, 3.63) is 65.5 Å². The van der Waals surface area contributed by atoms with Gasteiger partial charge in [0.25, 0.3) is 0 Å². The molecule has 2 heterocycles. The molecule has 5 heteroatoms. The lowest BCUT2D eigenvalue weighted by Gasteiger charge is -2.17. The number of aromatic nitrogens is 2. The van der Waals surface area contributed by atoms with Crippen LogP contribution in [0.1, 0.15) is 62.4 Å². The van der Waals surface area contributed by atoms with Crippen LogP contribution in [0.2, 0.25) is 0 Å². The Hall–Kier alpha value is -2.66. The fraction of sp³-hybridized carbons (Fsp3) is 0.375. The Bertz CT molecular complexity index is 1090.